The van der Waals surface area contributed by atoms with E-state index in [1.165, 1.54) is 0 Å². The Hall–Kier alpha value is -0.610. The summed E-state index contributed by atoms with van der Waals surface area (Å²) >= 11 is 0. The summed E-state index contributed by atoms with van der Waals surface area (Å²) in [6.45, 7) is 5.56. The molecular formula is C11H18O4. The van der Waals surface area contributed by atoms with Crippen LogP contribution in [0.2, 0.25) is 0 Å². The first-order valence-electron chi connectivity index (χ1n) is 5.31. The van der Waals surface area contributed by atoms with Gasteiger partial charge in [0, 0.05) is 5.41 Å². The quantitative estimate of drug-likeness (QED) is 0.598. The fourth-order valence-electron chi connectivity index (χ4n) is 3.75. The van der Waals surface area contributed by atoms with Gasteiger partial charge in [0.15, 0.2) is 0 Å². The van der Waals surface area contributed by atoms with Crippen molar-refractivity contribution in [2.45, 2.75) is 45.8 Å². The van der Waals surface area contributed by atoms with Gasteiger partial charge in [-0.3, -0.25) is 4.79 Å². The first-order valence-corrected chi connectivity index (χ1v) is 5.31. The number of carboxylic acid groups (broad SMARTS) is 1. The minimum Gasteiger partial charge on any atom is -0.481 e. The van der Waals surface area contributed by atoms with Crippen molar-refractivity contribution < 1.29 is 20.1 Å². The van der Waals surface area contributed by atoms with Gasteiger partial charge in [0.25, 0.3) is 0 Å². The van der Waals surface area contributed by atoms with Crippen molar-refractivity contribution >= 4 is 5.97 Å². The van der Waals surface area contributed by atoms with Crippen molar-refractivity contribution in [1.82, 2.24) is 0 Å². The van der Waals surface area contributed by atoms with E-state index in [1.54, 1.807) is 0 Å². The van der Waals surface area contributed by atoms with E-state index < -0.39 is 34.4 Å². The van der Waals surface area contributed by atoms with Crippen molar-refractivity contribution in [2.24, 2.45) is 16.2 Å². The zero-order valence-electron chi connectivity index (χ0n) is 9.32. The maximum Gasteiger partial charge on any atom is 0.312 e. The largest absolute Gasteiger partial charge is 0.481 e. The third-order valence-electron chi connectivity index (χ3n) is 5.42. The Balaban J connectivity index is 2.62. The molecule has 0 aliphatic heterocycles. The van der Waals surface area contributed by atoms with Crippen LogP contribution in [0.3, 0.4) is 0 Å². The highest BCUT2D eigenvalue weighted by atomic mass is 16.4. The summed E-state index contributed by atoms with van der Waals surface area (Å²) in [6.07, 6.45) is -0.977. The zero-order valence-corrected chi connectivity index (χ0v) is 9.32. The van der Waals surface area contributed by atoms with Gasteiger partial charge in [0.2, 0.25) is 0 Å². The average Bonchev–Trinajstić information content (AvgIpc) is 2.39. The third kappa shape index (κ3) is 0.807. The first-order chi connectivity index (χ1) is 6.72. The lowest BCUT2D eigenvalue weighted by Gasteiger charge is -2.38. The van der Waals surface area contributed by atoms with Gasteiger partial charge in [-0.25, -0.2) is 0 Å². The molecule has 0 spiro atoms. The maximum absolute atomic E-state index is 11.4. The average molecular weight is 214 g/mol. The van der Waals surface area contributed by atoms with Crippen LogP contribution in [0, 0.1) is 16.2 Å². The number of aliphatic hydroxyl groups excluding tert-OH is 2. The monoisotopic (exact) mass is 214 g/mol. The molecule has 3 N–H and O–H groups in total. The van der Waals surface area contributed by atoms with E-state index in [0.29, 0.717) is 12.8 Å². The second kappa shape index (κ2) is 2.55. The number of aliphatic carboxylic acids is 1. The van der Waals surface area contributed by atoms with E-state index in [0.717, 1.165) is 0 Å². The molecule has 2 fully saturated rings. The van der Waals surface area contributed by atoms with Gasteiger partial charge >= 0.3 is 5.97 Å². The van der Waals surface area contributed by atoms with Crippen molar-refractivity contribution in [1.29, 1.82) is 0 Å². The maximum atomic E-state index is 11.4. The number of rotatable bonds is 1. The second-order valence-electron chi connectivity index (χ2n) is 5.71. The Kier molecular flexibility index (Phi) is 1.85. The van der Waals surface area contributed by atoms with E-state index in [4.69, 9.17) is 0 Å². The summed E-state index contributed by atoms with van der Waals surface area (Å²) in [4.78, 5) is 11.4. The number of carbonyl (C=O) groups is 1. The van der Waals surface area contributed by atoms with Crippen LogP contribution in [0.1, 0.15) is 33.6 Å². The number of aliphatic hydroxyl groups is 2. The van der Waals surface area contributed by atoms with Gasteiger partial charge in [-0.2, -0.15) is 0 Å². The molecule has 4 heteroatoms. The number of hydrogen-bond donors (Lipinski definition) is 3. The van der Waals surface area contributed by atoms with Gasteiger partial charge in [0.05, 0.1) is 12.2 Å². The molecule has 0 aromatic heterocycles. The van der Waals surface area contributed by atoms with Crippen LogP contribution in [-0.2, 0) is 4.79 Å². The number of hydrogen-bond acceptors (Lipinski definition) is 3. The molecule has 2 rings (SSSR count). The van der Waals surface area contributed by atoms with Crippen LogP contribution in [-0.4, -0.2) is 33.5 Å². The minimum atomic E-state index is -1.18. The molecule has 0 aromatic carbocycles. The normalized spacial score (nSPS) is 52.1. The van der Waals surface area contributed by atoms with E-state index in [2.05, 4.69) is 0 Å². The fraction of sp³-hybridized carbons (Fsp3) is 0.909. The third-order valence-corrected chi connectivity index (χ3v) is 5.42. The van der Waals surface area contributed by atoms with E-state index in [-0.39, 0.29) is 0 Å². The Morgan fingerprint density at radius 3 is 1.93 bits per heavy atom. The lowest BCUT2D eigenvalue weighted by Crippen LogP contribution is -2.48. The van der Waals surface area contributed by atoms with Crippen LogP contribution in [0.25, 0.3) is 0 Å². The summed E-state index contributed by atoms with van der Waals surface area (Å²) in [6, 6.07) is 0. The van der Waals surface area contributed by atoms with Crippen molar-refractivity contribution in [3.05, 3.63) is 0 Å². The Morgan fingerprint density at radius 2 is 1.67 bits per heavy atom. The molecule has 86 valence electrons. The topological polar surface area (TPSA) is 77.8 Å². The van der Waals surface area contributed by atoms with Gasteiger partial charge in [-0.1, -0.05) is 20.8 Å². The molecule has 0 heterocycles. The first kappa shape index (κ1) is 10.9. The van der Waals surface area contributed by atoms with Crippen LogP contribution < -0.4 is 0 Å². The molecular weight excluding hydrogens is 196 g/mol. The molecule has 0 radical (unpaired) electrons. The van der Waals surface area contributed by atoms with Gasteiger partial charge < -0.3 is 15.3 Å². The summed E-state index contributed by atoms with van der Waals surface area (Å²) in [7, 11) is 0. The van der Waals surface area contributed by atoms with Crippen LogP contribution in [0.5, 0.6) is 0 Å². The highest BCUT2D eigenvalue weighted by Crippen LogP contribution is 2.72. The molecule has 15 heavy (non-hydrogen) atoms. The lowest BCUT2D eigenvalue weighted by molar-refractivity contribution is -0.164. The number of fused-ring (bicyclic) bond motifs is 2. The Morgan fingerprint density at radius 1 is 1.13 bits per heavy atom. The fourth-order valence-corrected chi connectivity index (χ4v) is 3.75. The zero-order chi connectivity index (χ0) is 11.6. The highest BCUT2D eigenvalue weighted by molar-refractivity contribution is 5.79. The number of carboxylic acids is 1. The van der Waals surface area contributed by atoms with E-state index in [1.807, 2.05) is 20.8 Å². The molecule has 0 saturated heterocycles. The molecule has 4 nitrogen and oxygen atoms in total. The minimum absolute atomic E-state index is 0.448. The summed E-state index contributed by atoms with van der Waals surface area (Å²) in [5.41, 5.74) is -2.25. The van der Waals surface area contributed by atoms with Crippen LogP contribution in [0.15, 0.2) is 0 Å². The van der Waals surface area contributed by atoms with Crippen molar-refractivity contribution in [2.75, 3.05) is 0 Å². The van der Waals surface area contributed by atoms with Gasteiger partial charge in [-0.05, 0) is 18.3 Å². The SMILES string of the molecule is CC1(C)[C@]2(C)CC[C@@]1(C(=O)O)[C@@H](O)[C@H]2O. The van der Waals surface area contributed by atoms with Crippen molar-refractivity contribution in [3.63, 3.8) is 0 Å². The Labute approximate surface area is 88.9 Å². The lowest BCUT2D eigenvalue weighted by atomic mass is 9.64. The Bertz CT molecular complexity index is 325. The summed E-state index contributed by atoms with van der Waals surface area (Å²) in [5, 5.41) is 29.3. The summed E-state index contributed by atoms with van der Waals surface area (Å²) in [5.74, 6) is -0.986. The highest BCUT2D eigenvalue weighted by Gasteiger charge is 2.77. The molecule has 2 bridgehead atoms. The van der Waals surface area contributed by atoms with Crippen LogP contribution >= 0.6 is 0 Å². The van der Waals surface area contributed by atoms with E-state index >= 15 is 0 Å². The smallest absolute Gasteiger partial charge is 0.312 e. The predicted octanol–water partition coefficient (Wildman–Crippen LogP) is 0.619. The molecule has 0 aromatic rings. The standard InChI is InChI=1S/C11H18O4/c1-9(2)10(3)4-5-11(9,8(14)15)7(13)6(10)12/h6-7,12-13H,4-5H2,1-3H3,(H,14,15)/t6-,7+,10-,11+/m1/s1. The molecule has 2 aliphatic carbocycles. The molecule has 2 saturated carbocycles. The molecule has 4 atom stereocenters. The predicted molar refractivity (Wildman–Crippen MR) is 53.2 cm³/mol. The second-order valence-corrected chi connectivity index (χ2v) is 5.71. The van der Waals surface area contributed by atoms with Crippen LogP contribution in [0.4, 0.5) is 0 Å². The molecule has 0 unspecified atom stereocenters. The van der Waals surface area contributed by atoms with Crippen molar-refractivity contribution in [3.8, 4) is 0 Å². The van der Waals surface area contributed by atoms with Gasteiger partial charge in [-0.15, -0.1) is 0 Å². The summed E-state index contributed by atoms with van der Waals surface area (Å²) < 4.78 is 0. The molecule has 2 aliphatic rings. The van der Waals surface area contributed by atoms with Gasteiger partial charge in [0.1, 0.15) is 5.41 Å². The molecule has 0 amide bonds. The van der Waals surface area contributed by atoms with E-state index in [9.17, 15) is 20.1 Å².